The Morgan fingerprint density at radius 2 is 1.79 bits per heavy atom. The lowest BCUT2D eigenvalue weighted by Gasteiger charge is -2.19. The van der Waals surface area contributed by atoms with E-state index >= 15 is 0 Å². The summed E-state index contributed by atoms with van der Waals surface area (Å²) >= 11 is 0. The monoisotopic (exact) mass is 263 g/mol. The molecule has 0 unspecified atom stereocenters. The molecular formula is C11H9N3O5. The fraction of sp³-hybridized carbons (Fsp3) is 0.0909. The van der Waals surface area contributed by atoms with E-state index in [0.29, 0.717) is 0 Å². The molecule has 0 aromatic heterocycles. The van der Waals surface area contributed by atoms with Gasteiger partial charge in [0.1, 0.15) is 5.75 Å². The Kier molecular flexibility index (Phi) is 3.15. The van der Waals surface area contributed by atoms with Crippen LogP contribution in [-0.2, 0) is 14.4 Å². The first-order valence-corrected chi connectivity index (χ1v) is 5.23. The van der Waals surface area contributed by atoms with Gasteiger partial charge in [-0.2, -0.15) is 0 Å². The minimum Gasteiger partial charge on any atom is -0.508 e. The number of anilines is 1. The molecule has 1 aromatic rings. The summed E-state index contributed by atoms with van der Waals surface area (Å²) in [6.07, 6.45) is 0. The molecule has 0 aliphatic carbocycles. The molecule has 0 saturated carbocycles. The molecule has 4 N–H and O–H groups in total. The number of aromatic hydroxyl groups is 1. The van der Waals surface area contributed by atoms with Crippen LogP contribution >= 0.6 is 0 Å². The Bertz CT molecular complexity index is 563. The van der Waals surface area contributed by atoms with Crippen molar-refractivity contribution in [2.75, 3.05) is 5.32 Å². The average molecular weight is 263 g/mol. The van der Waals surface area contributed by atoms with Crippen LogP contribution in [0, 0.1) is 5.92 Å². The number of benzene rings is 1. The minimum atomic E-state index is -1.65. The largest absolute Gasteiger partial charge is 0.508 e. The molecular weight excluding hydrogens is 254 g/mol. The molecule has 0 radical (unpaired) electrons. The zero-order chi connectivity index (χ0) is 14.0. The first-order valence-electron chi connectivity index (χ1n) is 5.23. The Morgan fingerprint density at radius 1 is 1.16 bits per heavy atom. The summed E-state index contributed by atoms with van der Waals surface area (Å²) in [5.74, 6) is -4.61. The molecule has 98 valence electrons. The summed E-state index contributed by atoms with van der Waals surface area (Å²) in [4.78, 5) is 45.4. The minimum absolute atomic E-state index is 0.0782. The molecule has 8 heteroatoms. The van der Waals surface area contributed by atoms with E-state index in [4.69, 9.17) is 0 Å². The SMILES string of the molecule is O=C1NC(=O)C(C(=O)Nc2cccc(O)c2)C(=O)N1. The van der Waals surface area contributed by atoms with Crippen molar-refractivity contribution < 1.29 is 24.3 Å². The lowest BCUT2D eigenvalue weighted by molar-refractivity contribution is -0.141. The number of carbonyl (C=O) groups is 4. The smallest absolute Gasteiger partial charge is 0.328 e. The molecule has 19 heavy (non-hydrogen) atoms. The Morgan fingerprint density at radius 3 is 2.37 bits per heavy atom. The predicted octanol–water partition coefficient (Wildman–Crippen LogP) is -0.687. The average Bonchev–Trinajstić information content (AvgIpc) is 2.27. The summed E-state index contributed by atoms with van der Waals surface area (Å²) in [6.45, 7) is 0. The van der Waals surface area contributed by atoms with Gasteiger partial charge < -0.3 is 10.4 Å². The van der Waals surface area contributed by atoms with Gasteiger partial charge in [-0.05, 0) is 12.1 Å². The standard InChI is InChI=1S/C11H9N3O5/c15-6-3-1-2-5(4-6)12-8(16)7-9(17)13-11(19)14-10(7)18/h1-4,7,15H,(H,12,16)(H2,13,14,17,18,19). The summed E-state index contributed by atoms with van der Waals surface area (Å²) in [5.41, 5.74) is 0.225. The number of hydrogen-bond donors (Lipinski definition) is 4. The maximum Gasteiger partial charge on any atom is 0.328 e. The maximum absolute atomic E-state index is 11.8. The van der Waals surface area contributed by atoms with Crippen LogP contribution in [-0.4, -0.2) is 28.9 Å². The highest BCUT2D eigenvalue weighted by Gasteiger charge is 2.39. The third-order valence-corrected chi connectivity index (χ3v) is 2.37. The zero-order valence-corrected chi connectivity index (χ0v) is 9.47. The second kappa shape index (κ2) is 4.77. The molecule has 1 aliphatic rings. The number of rotatable bonds is 2. The van der Waals surface area contributed by atoms with Crippen LogP contribution in [0.2, 0.25) is 0 Å². The van der Waals surface area contributed by atoms with E-state index in [1.165, 1.54) is 24.3 Å². The molecule has 0 atom stereocenters. The fourth-order valence-electron chi connectivity index (χ4n) is 1.55. The Labute approximate surface area is 106 Å². The topological polar surface area (TPSA) is 125 Å². The molecule has 0 bridgehead atoms. The van der Waals surface area contributed by atoms with E-state index < -0.39 is 29.7 Å². The first kappa shape index (κ1) is 12.6. The third kappa shape index (κ3) is 2.68. The van der Waals surface area contributed by atoms with Gasteiger partial charge in [-0.3, -0.25) is 25.0 Å². The van der Waals surface area contributed by atoms with E-state index in [-0.39, 0.29) is 11.4 Å². The second-order valence-corrected chi connectivity index (χ2v) is 3.78. The van der Waals surface area contributed by atoms with Crippen molar-refractivity contribution in [3.63, 3.8) is 0 Å². The van der Waals surface area contributed by atoms with Crippen LogP contribution < -0.4 is 16.0 Å². The van der Waals surface area contributed by atoms with Gasteiger partial charge in [0.25, 0.3) is 0 Å². The quantitative estimate of drug-likeness (QED) is 0.526. The number of amides is 5. The van der Waals surface area contributed by atoms with Crippen LogP contribution in [0.4, 0.5) is 10.5 Å². The van der Waals surface area contributed by atoms with Crippen molar-refractivity contribution in [1.82, 2.24) is 10.6 Å². The van der Waals surface area contributed by atoms with Crippen LogP contribution in [0.5, 0.6) is 5.75 Å². The summed E-state index contributed by atoms with van der Waals surface area (Å²) < 4.78 is 0. The second-order valence-electron chi connectivity index (χ2n) is 3.78. The van der Waals surface area contributed by atoms with E-state index in [2.05, 4.69) is 5.32 Å². The Hall–Kier alpha value is -2.90. The van der Waals surface area contributed by atoms with Crippen molar-refractivity contribution in [2.45, 2.75) is 0 Å². The van der Waals surface area contributed by atoms with Gasteiger partial charge >= 0.3 is 6.03 Å². The maximum atomic E-state index is 11.8. The number of phenols is 1. The number of phenolic OH excluding ortho intramolecular Hbond substituents is 1. The number of imide groups is 2. The lowest BCUT2D eigenvalue weighted by Crippen LogP contribution is -2.58. The highest BCUT2D eigenvalue weighted by atomic mass is 16.3. The van der Waals surface area contributed by atoms with Gasteiger partial charge in [0, 0.05) is 11.8 Å². The van der Waals surface area contributed by atoms with E-state index in [9.17, 15) is 24.3 Å². The van der Waals surface area contributed by atoms with Crippen molar-refractivity contribution >= 4 is 29.4 Å². The molecule has 1 saturated heterocycles. The molecule has 1 aromatic carbocycles. The van der Waals surface area contributed by atoms with E-state index in [1.807, 2.05) is 10.6 Å². The summed E-state index contributed by atoms with van der Waals surface area (Å²) in [6, 6.07) is 4.64. The molecule has 5 amide bonds. The molecule has 1 aliphatic heterocycles. The van der Waals surface area contributed by atoms with Crippen LogP contribution in [0.25, 0.3) is 0 Å². The van der Waals surface area contributed by atoms with Gasteiger partial charge in [-0.15, -0.1) is 0 Å². The number of carbonyl (C=O) groups excluding carboxylic acids is 4. The van der Waals surface area contributed by atoms with Gasteiger partial charge in [0.2, 0.25) is 17.7 Å². The number of hydrogen-bond acceptors (Lipinski definition) is 5. The van der Waals surface area contributed by atoms with Crippen molar-refractivity contribution in [2.24, 2.45) is 5.92 Å². The van der Waals surface area contributed by atoms with Crippen molar-refractivity contribution in [1.29, 1.82) is 0 Å². The van der Waals surface area contributed by atoms with Gasteiger partial charge in [0.05, 0.1) is 0 Å². The van der Waals surface area contributed by atoms with Gasteiger partial charge in [-0.25, -0.2) is 4.79 Å². The van der Waals surface area contributed by atoms with Crippen molar-refractivity contribution in [3.05, 3.63) is 24.3 Å². The predicted molar refractivity (Wildman–Crippen MR) is 61.9 cm³/mol. The first-order chi connectivity index (χ1) is 8.97. The molecule has 8 nitrogen and oxygen atoms in total. The van der Waals surface area contributed by atoms with Crippen LogP contribution in [0.3, 0.4) is 0 Å². The number of nitrogens with one attached hydrogen (secondary N) is 3. The van der Waals surface area contributed by atoms with Gasteiger partial charge in [-0.1, -0.05) is 6.07 Å². The van der Waals surface area contributed by atoms with Gasteiger partial charge in [0.15, 0.2) is 5.92 Å². The van der Waals surface area contributed by atoms with Crippen LogP contribution in [0.1, 0.15) is 0 Å². The van der Waals surface area contributed by atoms with E-state index in [0.717, 1.165) is 0 Å². The molecule has 0 spiro atoms. The Balaban J connectivity index is 2.13. The highest BCUT2D eigenvalue weighted by molar-refractivity contribution is 6.28. The third-order valence-electron chi connectivity index (χ3n) is 2.37. The van der Waals surface area contributed by atoms with Crippen LogP contribution in [0.15, 0.2) is 24.3 Å². The molecule has 1 fully saturated rings. The zero-order valence-electron chi connectivity index (χ0n) is 9.47. The number of urea groups is 1. The van der Waals surface area contributed by atoms with E-state index in [1.54, 1.807) is 0 Å². The highest BCUT2D eigenvalue weighted by Crippen LogP contribution is 2.16. The van der Waals surface area contributed by atoms with Crippen molar-refractivity contribution in [3.8, 4) is 5.75 Å². The molecule has 2 rings (SSSR count). The number of barbiturate groups is 1. The fourth-order valence-corrected chi connectivity index (χ4v) is 1.55. The molecule has 1 heterocycles. The lowest BCUT2D eigenvalue weighted by atomic mass is 10.1. The normalized spacial score (nSPS) is 15.7. The summed E-state index contributed by atoms with van der Waals surface area (Å²) in [5, 5.41) is 15.2. The summed E-state index contributed by atoms with van der Waals surface area (Å²) in [7, 11) is 0.